The summed E-state index contributed by atoms with van der Waals surface area (Å²) in [7, 11) is -1.55. The fourth-order valence-electron chi connectivity index (χ4n) is 0.613. The molecule has 11 heavy (non-hydrogen) atoms. The van der Waals surface area contributed by atoms with Crippen LogP contribution in [0.3, 0.4) is 0 Å². The lowest BCUT2D eigenvalue weighted by molar-refractivity contribution is 1.28. The van der Waals surface area contributed by atoms with E-state index in [4.69, 9.17) is 5.73 Å². The predicted octanol–water partition coefficient (Wildman–Crippen LogP) is 1.15. The fourth-order valence-corrected chi connectivity index (χ4v) is 1.84. The molecule has 0 unspecified atom stereocenters. The van der Waals surface area contributed by atoms with Gasteiger partial charge in [-0.2, -0.15) is 0 Å². The molecule has 2 heteroatoms. The molecule has 0 bridgehead atoms. The van der Waals surface area contributed by atoms with Crippen LogP contribution in [0.5, 0.6) is 0 Å². The first-order chi connectivity index (χ1) is 5.12. The lowest BCUT2D eigenvalue weighted by Crippen LogP contribution is -2.21. The second-order valence-corrected chi connectivity index (χ2v) is 6.54. The lowest BCUT2D eigenvalue weighted by atomic mass is 10.5. The van der Waals surface area contributed by atoms with Gasteiger partial charge in [-0.05, 0) is 13.1 Å². The maximum Gasteiger partial charge on any atom is 0.210 e. The van der Waals surface area contributed by atoms with Crippen LogP contribution in [0.15, 0.2) is 0 Å². The highest BCUT2D eigenvalue weighted by molar-refractivity contribution is 6.92. The zero-order chi connectivity index (χ0) is 8.74. The van der Waals surface area contributed by atoms with E-state index in [1.54, 1.807) is 0 Å². The molecule has 0 rings (SSSR count). The average molecular weight is 165 g/mol. The summed E-state index contributed by atoms with van der Waals surface area (Å²) in [5, 5.41) is 0. The summed E-state index contributed by atoms with van der Waals surface area (Å²) >= 11 is 0. The highest BCUT2D eigenvalue weighted by Gasteiger charge is 2.12. The zero-order valence-electron chi connectivity index (χ0n) is 7.49. The highest BCUT2D eigenvalue weighted by atomic mass is 28.3. The zero-order valence-corrected chi connectivity index (χ0v) is 8.49. The monoisotopic (exact) mass is 165 g/mol. The Morgan fingerprint density at radius 1 is 1.18 bits per heavy atom. The third kappa shape index (κ3) is 5.73. The van der Waals surface area contributed by atoms with Crippen molar-refractivity contribution in [2.45, 2.75) is 26.4 Å². The minimum absolute atomic E-state index is 0.449. The fraction of sp³-hybridized carbons (Fsp3) is 0.556. The van der Waals surface area contributed by atoms with E-state index in [1.165, 1.54) is 0 Å². The van der Waals surface area contributed by atoms with Crippen LogP contribution in [-0.4, -0.2) is 14.6 Å². The van der Waals surface area contributed by atoms with Crippen LogP contribution < -0.4 is 5.73 Å². The van der Waals surface area contributed by atoms with Gasteiger partial charge in [-0.25, -0.2) is 0 Å². The van der Waals surface area contributed by atoms with Gasteiger partial charge >= 0.3 is 0 Å². The molecule has 0 aromatic carbocycles. The summed E-state index contributed by atoms with van der Waals surface area (Å²) < 4.78 is 0. The van der Waals surface area contributed by atoms with Gasteiger partial charge in [-0.3, -0.25) is 0 Å². The van der Waals surface area contributed by atoms with Crippen LogP contribution in [0, 0.1) is 22.9 Å². The van der Waals surface area contributed by atoms with E-state index in [2.05, 4.69) is 36.0 Å². The molecule has 0 fully saturated rings. The Morgan fingerprint density at radius 3 is 2.18 bits per heavy atom. The normalized spacial score (nSPS) is 9.09. The first kappa shape index (κ1) is 10.3. The summed E-state index contributed by atoms with van der Waals surface area (Å²) in [6.07, 6.45) is 0.917. The van der Waals surface area contributed by atoms with Gasteiger partial charge in [0.15, 0.2) is 0 Å². The van der Waals surface area contributed by atoms with Crippen molar-refractivity contribution in [2.24, 2.45) is 5.73 Å². The summed E-state index contributed by atoms with van der Waals surface area (Å²) in [5.74, 6) is 5.95. The van der Waals surface area contributed by atoms with Crippen molar-refractivity contribution < 1.29 is 0 Å². The van der Waals surface area contributed by atoms with Crippen LogP contribution in [0.25, 0.3) is 0 Å². The number of rotatable bonds is 0. The van der Waals surface area contributed by atoms with Crippen molar-refractivity contribution in [1.29, 1.82) is 0 Å². The molecule has 0 saturated carbocycles. The Balaban J connectivity index is 4.21. The van der Waals surface area contributed by atoms with Crippen molar-refractivity contribution in [3.8, 4) is 22.9 Å². The van der Waals surface area contributed by atoms with Crippen molar-refractivity contribution in [2.75, 3.05) is 6.54 Å². The van der Waals surface area contributed by atoms with Gasteiger partial charge in [-0.15, -0.1) is 17.0 Å². The molecule has 0 amide bonds. The summed E-state index contributed by atoms with van der Waals surface area (Å²) in [5.41, 5.74) is 11.6. The Labute approximate surface area is 70.4 Å². The van der Waals surface area contributed by atoms with Crippen LogP contribution in [0.4, 0.5) is 0 Å². The van der Waals surface area contributed by atoms with Crippen molar-refractivity contribution >= 4 is 8.07 Å². The first-order valence-electron chi connectivity index (χ1n) is 3.82. The van der Waals surface area contributed by atoms with Gasteiger partial charge in [-0.1, -0.05) is 12.8 Å². The Hall–Kier alpha value is -0.703. The second-order valence-electron chi connectivity index (χ2n) is 2.79. The van der Waals surface area contributed by atoms with Gasteiger partial charge in [0.25, 0.3) is 0 Å². The SMILES string of the molecule is CCC#C[Si](C)(C)C#CCN. The summed E-state index contributed by atoms with van der Waals surface area (Å²) in [6, 6.07) is 0. The van der Waals surface area contributed by atoms with Gasteiger partial charge in [0.05, 0.1) is 6.54 Å². The molecule has 0 spiro atoms. The molecule has 0 aliphatic carbocycles. The second kappa shape index (κ2) is 5.01. The van der Waals surface area contributed by atoms with Crippen LogP contribution in [-0.2, 0) is 0 Å². The largest absolute Gasteiger partial charge is 0.320 e. The van der Waals surface area contributed by atoms with Crippen LogP contribution in [0.2, 0.25) is 13.1 Å². The van der Waals surface area contributed by atoms with Crippen molar-refractivity contribution in [3.63, 3.8) is 0 Å². The Kier molecular flexibility index (Phi) is 4.69. The molecule has 0 atom stereocenters. The van der Waals surface area contributed by atoms with Gasteiger partial charge in [0, 0.05) is 6.42 Å². The van der Waals surface area contributed by atoms with Crippen LogP contribution in [0.1, 0.15) is 13.3 Å². The maximum absolute atomic E-state index is 5.26. The molecule has 2 N–H and O–H groups in total. The smallest absolute Gasteiger partial charge is 0.210 e. The van der Waals surface area contributed by atoms with E-state index in [1.807, 2.05) is 6.92 Å². The summed E-state index contributed by atoms with van der Waals surface area (Å²) in [4.78, 5) is 0. The molecule has 0 aromatic rings. The number of hydrogen-bond acceptors (Lipinski definition) is 1. The molecule has 0 aliphatic heterocycles. The number of nitrogens with two attached hydrogens (primary N) is 1. The first-order valence-corrected chi connectivity index (χ1v) is 6.82. The minimum Gasteiger partial charge on any atom is -0.320 e. The van der Waals surface area contributed by atoms with Crippen LogP contribution >= 0.6 is 0 Å². The minimum atomic E-state index is -1.55. The molecule has 0 aliphatic rings. The van der Waals surface area contributed by atoms with E-state index < -0.39 is 8.07 Å². The topological polar surface area (TPSA) is 26.0 Å². The number of hydrogen-bond donors (Lipinski definition) is 1. The highest BCUT2D eigenvalue weighted by Crippen LogP contribution is 1.96. The molecule has 1 nitrogen and oxygen atoms in total. The molecule has 60 valence electrons. The van der Waals surface area contributed by atoms with E-state index in [-0.39, 0.29) is 0 Å². The third-order valence-electron chi connectivity index (χ3n) is 1.08. The van der Waals surface area contributed by atoms with Gasteiger partial charge < -0.3 is 5.73 Å². The van der Waals surface area contributed by atoms with Gasteiger partial charge in [0.1, 0.15) is 0 Å². The molecule has 0 heterocycles. The molecular formula is C9H15NSi. The van der Waals surface area contributed by atoms with E-state index >= 15 is 0 Å². The Bertz CT molecular complexity index is 197. The molecule has 0 saturated heterocycles. The van der Waals surface area contributed by atoms with E-state index in [9.17, 15) is 0 Å². The van der Waals surface area contributed by atoms with Crippen molar-refractivity contribution in [1.82, 2.24) is 0 Å². The molecular weight excluding hydrogens is 150 g/mol. The van der Waals surface area contributed by atoms with Gasteiger partial charge in [0.2, 0.25) is 8.07 Å². The van der Waals surface area contributed by atoms with Crippen molar-refractivity contribution in [3.05, 3.63) is 0 Å². The Morgan fingerprint density at radius 2 is 1.73 bits per heavy atom. The predicted molar refractivity (Wildman–Crippen MR) is 52.4 cm³/mol. The van der Waals surface area contributed by atoms with E-state index in [0.717, 1.165) is 6.42 Å². The maximum atomic E-state index is 5.26. The standard InChI is InChI=1S/C9H15NSi/c1-4-5-8-11(2,3)9-6-7-10/h4,7,10H2,1-3H3. The molecule has 0 aromatic heterocycles. The molecule has 0 radical (unpaired) electrons. The van der Waals surface area contributed by atoms with E-state index in [0.29, 0.717) is 6.54 Å². The third-order valence-corrected chi connectivity index (χ3v) is 2.68. The summed E-state index contributed by atoms with van der Waals surface area (Å²) in [6.45, 7) is 6.77. The lowest BCUT2D eigenvalue weighted by Gasteiger charge is -2.02. The quantitative estimate of drug-likeness (QED) is 0.423. The average Bonchev–Trinajstić information content (AvgIpc) is 1.97.